The lowest BCUT2D eigenvalue weighted by Crippen LogP contribution is -2.50. The van der Waals surface area contributed by atoms with E-state index in [-0.39, 0.29) is 29.4 Å². The number of piperidine rings is 1. The topological polar surface area (TPSA) is 85.8 Å². The molecule has 0 bridgehead atoms. The monoisotopic (exact) mass is 420 g/mol. The van der Waals surface area contributed by atoms with Gasteiger partial charge in [-0.3, -0.25) is 9.59 Å². The molecule has 3 heterocycles. The Kier molecular flexibility index (Phi) is 5.71. The lowest BCUT2D eigenvalue weighted by Gasteiger charge is -2.41. The predicted octanol–water partition coefficient (Wildman–Crippen LogP) is 2.82. The quantitative estimate of drug-likeness (QED) is 0.785. The summed E-state index contributed by atoms with van der Waals surface area (Å²) in [7, 11) is 0. The Morgan fingerprint density at radius 2 is 2.03 bits per heavy atom. The van der Waals surface area contributed by atoms with Crippen LogP contribution in [0.25, 0.3) is 0 Å². The number of anilines is 2. The van der Waals surface area contributed by atoms with Gasteiger partial charge in [0, 0.05) is 32.6 Å². The van der Waals surface area contributed by atoms with Crippen molar-refractivity contribution < 1.29 is 14.7 Å². The molecular formula is C21H29ClN4O3. The highest BCUT2D eigenvalue weighted by molar-refractivity contribution is 6.33. The number of halogens is 1. The van der Waals surface area contributed by atoms with E-state index in [0.717, 1.165) is 58.0 Å². The molecule has 158 valence electrons. The highest BCUT2D eigenvalue weighted by atomic mass is 35.5. The zero-order chi connectivity index (χ0) is 20.6. The Hall–Kier alpha value is -1.86. The normalized spacial score (nSPS) is 30.1. The van der Waals surface area contributed by atoms with Crippen LogP contribution in [-0.2, 0) is 9.59 Å². The second-order valence-corrected chi connectivity index (χ2v) is 9.13. The predicted molar refractivity (Wildman–Crippen MR) is 112 cm³/mol. The fourth-order valence-corrected chi connectivity index (χ4v) is 5.48. The van der Waals surface area contributed by atoms with Crippen LogP contribution in [0.5, 0.6) is 0 Å². The first-order valence-corrected chi connectivity index (χ1v) is 10.9. The molecule has 7 nitrogen and oxygen atoms in total. The van der Waals surface area contributed by atoms with Gasteiger partial charge in [-0.2, -0.15) is 0 Å². The van der Waals surface area contributed by atoms with Gasteiger partial charge in [0.15, 0.2) is 0 Å². The lowest BCUT2D eigenvalue weighted by molar-refractivity contribution is -0.139. The summed E-state index contributed by atoms with van der Waals surface area (Å²) in [5, 5.41) is 13.0. The van der Waals surface area contributed by atoms with Gasteiger partial charge in [0.2, 0.25) is 11.8 Å². The summed E-state index contributed by atoms with van der Waals surface area (Å²) in [4.78, 5) is 33.4. The largest absolute Gasteiger partial charge is 0.393 e. The van der Waals surface area contributed by atoms with Gasteiger partial charge >= 0.3 is 0 Å². The van der Waals surface area contributed by atoms with Gasteiger partial charge in [-0.05, 0) is 51.0 Å². The molecule has 0 aromatic carbocycles. The summed E-state index contributed by atoms with van der Waals surface area (Å²) >= 11 is 6.47. The lowest BCUT2D eigenvalue weighted by atomic mass is 9.78. The van der Waals surface area contributed by atoms with E-state index in [0.29, 0.717) is 23.1 Å². The SMILES string of the molecule is CC(=O)Nc1cnc(N2CCC[C@@]3(CCN([C@H]4CC[C@H](O)CC4)C3=O)C2)c(Cl)c1. The van der Waals surface area contributed by atoms with Crippen LogP contribution in [0.3, 0.4) is 0 Å². The van der Waals surface area contributed by atoms with Gasteiger partial charge in [0.05, 0.1) is 28.4 Å². The highest BCUT2D eigenvalue weighted by Crippen LogP contribution is 2.44. The fourth-order valence-electron chi connectivity index (χ4n) is 5.19. The van der Waals surface area contributed by atoms with Gasteiger partial charge < -0.3 is 20.2 Å². The van der Waals surface area contributed by atoms with E-state index < -0.39 is 0 Å². The van der Waals surface area contributed by atoms with E-state index >= 15 is 0 Å². The molecule has 2 N–H and O–H groups in total. The first-order chi connectivity index (χ1) is 13.9. The minimum Gasteiger partial charge on any atom is -0.393 e. The third kappa shape index (κ3) is 4.08. The van der Waals surface area contributed by atoms with E-state index in [9.17, 15) is 14.7 Å². The first kappa shape index (κ1) is 20.4. The molecule has 1 atom stereocenters. The molecule has 1 aromatic heterocycles. The number of likely N-dealkylation sites (tertiary alicyclic amines) is 1. The van der Waals surface area contributed by atoms with Crippen molar-refractivity contribution in [1.29, 1.82) is 0 Å². The summed E-state index contributed by atoms with van der Waals surface area (Å²) in [5.41, 5.74) is 0.205. The molecule has 4 rings (SSSR count). The van der Waals surface area contributed by atoms with Gasteiger partial charge in [-0.25, -0.2) is 4.98 Å². The van der Waals surface area contributed by atoms with Crippen LogP contribution in [0.1, 0.15) is 51.9 Å². The molecule has 1 aromatic rings. The molecule has 0 radical (unpaired) electrons. The van der Waals surface area contributed by atoms with Crippen LogP contribution in [0, 0.1) is 5.41 Å². The number of aromatic nitrogens is 1. The molecule has 2 aliphatic heterocycles. The summed E-state index contributed by atoms with van der Waals surface area (Å²) in [6.07, 6.45) is 7.45. The smallest absolute Gasteiger partial charge is 0.230 e. The number of aliphatic hydroxyl groups excluding tert-OH is 1. The Bertz CT molecular complexity index is 796. The van der Waals surface area contributed by atoms with Crippen molar-refractivity contribution >= 4 is 34.9 Å². The number of nitrogens with one attached hydrogen (secondary N) is 1. The van der Waals surface area contributed by atoms with Gasteiger partial charge in [-0.1, -0.05) is 11.6 Å². The van der Waals surface area contributed by atoms with Crippen molar-refractivity contribution in [1.82, 2.24) is 9.88 Å². The van der Waals surface area contributed by atoms with Crippen molar-refractivity contribution in [3.05, 3.63) is 17.3 Å². The first-order valence-electron chi connectivity index (χ1n) is 10.6. The van der Waals surface area contributed by atoms with Crippen molar-refractivity contribution in [2.75, 3.05) is 29.9 Å². The Labute approximate surface area is 176 Å². The van der Waals surface area contributed by atoms with Crippen LogP contribution in [0.4, 0.5) is 11.5 Å². The maximum absolute atomic E-state index is 13.4. The number of carbonyl (C=O) groups is 2. The number of hydrogen-bond donors (Lipinski definition) is 2. The maximum atomic E-state index is 13.4. The van der Waals surface area contributed by atoms with Crippen molar-refractivity contribution in [3.63, 3.8) is 0 Å². The van der Waals surface area contributed by atoms with Crippen LogP contribution in [0.2, 0.25) is 5.02 Å². The third-order valence-corrected chi connectivity index (χ3v) is 6.95. The van der Waals surface area contributed by atoms with E-state index in [1.165, 1.54) is 6.92 Å². The molecule has 1 aliphatic carbocycles. The van der Waals surface area contributed by atoms with E-state index in [2.05, 4.69) is 20.1 Å². The molecule has 8 heteroatoms. The second kappa shape index (κ2) is 8.11. The number of rotatable bonds is 3. The van der Waals surface area contributed by atoms with Gasteiger partial charge in [0.1, 0.15) is 5.82 Å². The summed E-state index contributed by atoms with van der Waals surface area (Å²) in [6, 6.07) is 1.97. The summed E-state index contributed by atoms with van der Waals surface area (Å²) in [6.45, 7) is 3.69. The number of amides is 2. The van der Waals surface area contributed by atoms with E-state index in [1.54, 1.807) is 12.3 Å². The molecule has 3 aliphatic rings. The fraction of sp³-hybridized carbons (Fsp3) is 0.667. The highest BCUT2D eigenvalue weighted by Gasteiger charge is 2.51. The number of aliphatic hydroxyl groups is 1. The summed E-state index contributed by atoms with van der Waals surface area (Å²) < 4.78 is 0. The van der Waals surface area contributed by atoms with Crippen LogP contribution < -0.4 is 10.2 Å². The Morgan fingerprint density at radius 1 is 1.28 bits per heavy atom. The zero-order valence-corrected chi connectivity index (χ0v) is 17.6. The molecular weight excluding hydrogens is 392 g/mol. The van der Waals surface area contributed by atoms with Crippen LogP contribution in [0.15, 0.2) is 12.3 Å². The van der Waals surface area contributed by atoms with Gasteiger partial charge in [0.25, 0.3) is 0 Å². The molecule has 0 unspecified atom stereocenters. The molecule has 2 amide bonds. The number of hydrogen-bond acceptors (Lipinski definition) is 5. The summed E-state index contributed by atoms with van der Waals surface area (Å²) in [5.74, 6) is 0.765. The van der Waals surface area contributed by atoms with Gasteiger partial charge in [-0.15, -0.1) is 0 Å². The molecule has 2 saturated heterocycles. The Morgan fingerprint density at radius 3 is 2.72 bits per heavy atom. The molecule has 29 heavy (non-hydrogen) atoms. The maximum Gasteiger partial charge on any atom is 0.230 e. The standard InChI is InChI=1S/C21H29ClN4O3/c1-14(27)24-15-11-18(22)19(23-12-15)25-9-2-7-21(13-25)8-10-26(20(21)29)16-3-5-17(28)6-4-16/h11-12,16-17,28H,2-10,13H2,1H3,(H,24,27)/t16-,17-,21-/m1/s1. The van der Waals surface area contributed by atoms with Crippen molar-refractivity contribution in [2.24, 2.45) is 5.41 Å². The van der Waals surface area contributed by atoms with Crippen LogP contribution >= 0.6 is 11.6 Å². The molecule has 1 spiro atoms. The zero-order valence-electron chi connectivity index (χ0n) is 16.9. The minimum atomic E-state index is -0.365. The molecule has 3 fully saturated rings. The second-order valence-electron chi connectivity index (χ2n) is 8.73. The average molecular weight is 421 g/mol. The number of carbonyl (C=O) groups excluding carboxylic acids is 2. The third-order valence-electron chi connectivity index (χ3n) is 6.67. The average Bonchev–Trinajstić information content (AvgIpc) is 2.98. The van der Waals surface area contributed by atoms with Crippen molar-refractivity contribution in [2.45, 2.75) is 64.0 Å². The molecule has 1 saturated carbocycles. The number of nitrogens with zero attached hydrogens (tertiary/aromatic N) is 3. The van der Waals surface area contributed by atoms with E-state index in [4.69, 9.17) is 11.6 Å². The number of pyridine rings is 1. The minimum absolute atomic E-state index is 0.167. The van der Waals surface area contributed by atoms with Crippen molar-refractivity contribution in [3.8, 4) is 0 Å². The van der Waals surface area contributed by atoms with Crippen LogP contribution in [-0.4, -0.2) is 58.6 Å². The Balaban J connectivity index is 1.48. The van der Waals surface area contributed by atoms with E-state index in [1.807, 2.05) is 0 Å².